The molecule has 0 aromatic rings. The number of hydrogen-bond donors (Lipinski definition) is 2. The summed E-state index contributed by atoms with van der Waals surface area (Å²) in [6, 6.07) is 0. The number of hydrogen-bond acceptors (Lipinski definition) is 2. The first-order valence-electron chi connectivity index (χ1n) is 0.698. The normalized spacial score (nSPS) is 4.83. The molecule has 12 heteroatoms. The molecule has 0 atom stereocenters. The smallest absolute Gasteiger partial charge is 1.00 e. The fourth-order valence-electron chi connectivity index (χ4n) is 0. The third-order valence-electron chi connectivity index (χ3n) is 0. The molecule has 0 saturated carbocycles. The monoisotopic (exact) mass is 262 g/mol. The van der Waals surface area contributed by atoms with E-state index < -0.39 is 9.05 Å². The summed E-state index contributed by atoms with van der Waals surface area (Å²) in [5.74, 6) is 0. The summed E-state index contributed by atoms with van der Waals surface area (Å²) in [7, 11) is -3.83. The van der Waals surface area contributed by atoms with Crippen LogP contribution in [0, 0.1) is 0 Å². The van der Waals surface area contributed by atoms with E-state index in [1.807, 2.05) is 0 Å². The fraction of sp³-hybridized carbons (Fsp3) is 0. The van der Waals surface area contributed by atoms with Gasteiger partial charge in [-0.2, -0.15) is 17.7 Å². The van der Waals surface area contributed by atoms with E-state index in [1.165, 1.54) is 0 Å². The van der Waals surface area contributed by atoms with Crippen LogP contribution in [0.2, 0.25) is 0 Å². The molecule has 0 aliphatic heterocycles. The van der Waals surface area contributed by atoms with Crippen molar-refractivity contribution in [2.45, 2.75) is 0 Å². The Balaban J connectivity index is -0.00000000286. The minimum absolute atomic E-state index is 0. The Kier molecular flexibility index (Phi) is 172. The van der Waals surface area contributed by atoms with Crippen molar-refractivity contribution in [3.8, 4) is 0 Å². The van der Waals surface area contributed by atoms with E-state index in [4.69, 9.17) is 13.3 Å². The van der Waals surface area contributed by atoms with Gasteiger partial charge in [-0.05, 0) is 0 Å². The van der Waals surface area contributed by atoms with E-state index >= 15 is 0 Å². The van der Waals surface area contributed by atoms with Crippen LogP contribution in [0.5, 0.6) is 0 Å². The van der Waals surface area contributed by atoms with Gasteiger partial charge in [-0.1, -0.05) is 0 Å². The first kappa shape index (κ1) is 70.3. The van der Waals surface area contributed by atoms with Gasteiger partial charge in [0, 0.05) is 11.2 Å². The molecule has 12 heavy (non-hydrogen) atoms. The molecule has 0 spiro atoms. The van der Waals surface area contributed by atoms with Gasteiger partial charge in [0.1, 0.15) is 0 Å². The molecular formula is H15NaO8S3. The Morgan fingerprint density at radius 1 is 1.00 bits per heavy atom. The van der Waals surface area contributed by atoms with Crippen molar-refractivity contribution in [1.82, 2.24) is 0 Å². The molecule has 0 amide bonds. The molecular weight excluding hydrogens is 247 g/mol. The summed E-state index contributed by atoms with van der Waals surface area (Å²) in [4.78, 5) is 0. The average Bonchev–Trinajstić information content (AvgIpc) is 0.722. The summed E-state index contributed by atoms with van der Waals surface area (Å²) >= 11 is 3.47. The molecule has 0 unspecified atom stereocenters. The molecule has 0 saturated heterocycles. The zero-order chi connectivity index (χ0) is 4.50. The Bertz CT molecular complexity index is 103. The molecule has 0 radical (unpaired) electrons. The molecule has 12 N–H and O–H groups in total. The SMILES string of the molecule is O.O.O.O.O.O=S(O)(O)=S.S.[H-].[Na+]. The van der Waals surface area contributed by atoms with Gasteiger partial charge in [-0.15, -0.1) is 0 Å². The first-order chi connectivity index (χ1) is 2.00. The Labute approximate surface area is 105 Å². The summed E-state index contributed by atoms with van der Waals surface area (Å²) in [5.41, 5.74) is 0. The zero-order valence-electron chi connectivity index (χ0n) is 7.12. The summed E-state index contributed by atoms with van der Waals surface area (Å²) < 4.78 is 24.0. The molecule has 0 aliphatic rings. The van der Waals surface area contributed by atoms with E-state index in [1.54, 1.807) is 0 Å². The van der Waals surface area contributed by atoms with E-state index in [0.717, 1.165) is 0 Å². The molecule has 0 aliphatic carbocycles. The fourth-order valence-corrected chi connectivity index (χ4v) is 0. The maximum Gasteiger partial charge on any atom is 1.00 e. The van der Waals surface area contributed by atoms with Crippen LogP contribution in [0.1, 0.15) is 1.43 Å². The second-order valence-electron chi connectivity index (χ2n) is 0.448. The molecule has 0 aromatic carbocycles. The summed E-state index contributed by atoms with van der Waals surface area (Å²) in [6.07, 6.45) is 0. The van der Waals surface area contributed by atoms with Crippen LogP contribution < -0.4 is 29.6 Å². The third-order valence-corrected chi connectivity index (χ3v) is 0. The standard InChI is InChI=1S/Na.H2O3S2.5H2O.H2S.H/c;1-5(2,3)4;;;;;;;/h;(H2,1,2,3,4);6*1H2;/q+1;;;;;;;;-1. The molecule has 0 fully saturated rings. The molecule has 0 rings (SSSR count). The van der Waals surface area contributed by atoms with E-state index in [-0.39, 0.29) is 71.9 Å². The van der Waals surface area contributed by atoms with Crippen LogP contribution in [0.4, 0.5) is 0 Å². The topological polar surface area (TPSA) is 215 Å². The Morgan fingerprint density at radius 3 is 1.00 bits per heavy atom. The predicted octanol–water partition coefficient (Wildman–Crippen LogP) is -7.22. The van der Waals surface area contributed by atoms with Gasteiger partial charge in [-0.3, -0.25) is 9.11 Å². The minimum Gasteiger partial charge on any atom is -1.00 e. The summed E-state index contributed by atoms with van der Waals surface area (Å²) in [6.45, 7) is 0. The van der Waals surface area contributed by atoms with Crippen molar-refractivity contribution in [3.05, 3.63) is 0 Å². The Morgan fingerprint density at radius 2 is 1.00 bits per heavy atom. The van der Waals surface area contributed by atoms with Crippen molar-refractivity contribution >= 4 is 33.7 Å². The predicted molar refractivity (Wildman–Crippen MR) is 50.3 cm³/mol. The first-order valence-corrected chi connectivity index (χ1v) is 3.10. The molecule has 0 bridgehead atoms. The van der Waals surface area contributed by atoms with E-state index in [0.29, 0.717) is 0 Å². The molecule has 0 heterocycles. The average molecular weight is 262 g/mol. The van der Waals surface area contributed by atoms with Crippen LogP contribution >= 0.6 is 13.5 Å². The second kappa shape index (κ2) is 29.4. The van der Waals surface area contributed by atoms with Crippen molar-refractivity contribution in [3.63, 3.8) is 0 Å². The van der Waals surface area contributed by atoms with Gasteiger partial charge < -0.3 is 28.8 Å². The van der Waals surface area contributed by atoms with E-state index in [9.17, 15) is 0 Å². The van der Waals surface area contributed by atoms with Gasteiger partial charge in [-0.25, -0.2) is 0 Å². The van der Waals surface area contributed by atoms with Gasteiger partial charge in [0.25, 0.3) is 9.05 Å². The van der Waals surface area contributed by atoms with Crippen molar-refractivity contribution in [2.75, 3.05) is 0 Å². The van der Waals surface area contributed by atoms with Crippen LogP contribution in [-0.4, -0.2) is 40.7 Å². The van der Waals surface area contributed by atoms with Gasteiger partial charge in [0.2, 0.25) is 0 Å². The van der Waals surface area contributed by atoms with Crippen molar-refractivity contribution < 1.29 is 71.7 Å². The molecule has 0 aromatic heterocycles. The van der Waals surface area contributed by atoms with Gasteiger partial charge >= 0.3 is 29.6 Å². The maximum absolute atomic E-state index is 9.11. The van der Waals surface area contributed by atoms with E-state index in [2.05, 4.69) is 11.2 Å². The largest absolute Gasteiger partial charge is 1.00 e. The Hall–Kier alpha value is 1.44. The quantitative estimate of drug-likeness (QED) is 0.406. The second-order valence-corrected chi connectivity index (χ2v) is 2.65. The van der Waals surface area contributed by atoms with Gasteiger partial charge in [0.15, 0.2) is 0 Å². The summed E-state index contributed by atoms with van der Waals surface area (Å²) in [5, 5.41) is 0. The zero-order valence-corrected chi connectivity index (χ0v) is 10.8. The maximum atomic E-state index is 9.11. The minimum atomic E-state index is -3.83. The van der Waals surface area contributed by atoms with Crippen molar-refractivity contribution in [1.29, 1.82) is 0 Å². The number of rotatable bonds is 0. The van der Waals surface area contributed by atoms with Crippen LogP contribution in [-0.2, 0) is 20.2 Å². The molecule has 82 valence electrons. The van der Waals surface area contributed by atoms with Gasteiger partial charge in [0.05, 0.1) is 0 Å². The van der Waals surface area contributed by atoms with Crippen LogP contribution in [0.25, 0.3) is 0 Å². The third kappa shape index (κ3) is 601. The van der Waals surface area contributed by atoms with Crippen LogP contribution in [0.15, 0.2) is 0 Å². The molecule has 8 nitrogen and oxygen atoms in total. The van der Waals surface area contributed by atoms with Crippen LogP contribution in [0.3, 0.4) is 0 Å². The van der Waals surface area contributed by atoms with Crippen molar-refractivity contribution in [2.24, 2.45) is 0 Å².